The molecule has 0 radical (unpaired) electrons. The summed E-state index contributed by atoms with van der Waals surface area (Å²) in [6.45, 7) is 3.65. The number of hydrogen-bond acceptors (Lipinski definition) is 7. The summed E-state index contributed by atoms with van der Waals surface area (Å²) in [5, 5.41) is 4.15. The lowest BCUT2D eigenvalue weighted by Crippen LogP contribution is -2.37. The number of pyridine rings is 1. The van der Waals surface area contributed by atoms with Gasteiger partial charge in [-0.1, -0.05) is 42.8 Å². The molecule has 0 aliphatic carbocycles. The number of fused-ring (bicyclic) bond motifs is 1. The zero-order chi connectivity index (χ0) is 25.3. The van der Waals surface area contributed by atoms with Crippen molar-refractivity contribution in [2.24, 2.45) is 0 Å². The van der Waals surface area contributed by atoms with Gasteiger partial charge in [0, 0.05) is 44.8 Å². The summed E-state index contributed by atoms with van der Waals surface area (Å²) in [6.07, 6.45) is 9.24. The van der Waals surface area contributed by atoms with E-state index in [0.717, 1.165) is 71.7 Å². The van der Waals surface area contributed by atoms with Crippen molar-refractivity contribution in [1.82, 2.24) is 19.5 Å². The van der Waals surface area contributed by atoms with Crippen LogP contribution in [-0.4, -0.2) is 58.1 Å². The van der Waals surface area contributed by atoms with Crippen molar-refractivity contribution < 1.29 is 14.3 Å². The molecular weight excluding hydrogens is 474 g/mol. The minimum Gasteiger partial charge on any atom is -0.375 e. The number of aryl methyl sites for hydroxylation is 1. The molecule has 0 saturated carbocycles. The van der Waals surface area contributed by atoms with Crippen LogP contribution in [0.5, 0.6) is 0 Å². The molecule has 1 aliphatic heterocycles. The smallest absolute Gasteiger partial charge is 0.267 e. The molecule has 36 heavy (non-hydrogen) atoms. The van der Waals surface area contributed by atoms with Crippen LogP contribution in [0.3, 0.4) is 0 Å². The van der Waals surface area contributed by atoms with Crippen molar-refractivity contribution in [3.8, 4) is 11.1 Å². The number of ether oxygens (including phenoxy) is 1. The average Bonchev–Trinajstić information content (AvgIpc) is 3.38. The van der Waals surface area contributed by atoms with Crippen LogP contribution in [0.25, 0.3) is 11.1 Å². The molecule has 2 amide bonds. The van der Waals surface area contributed by atoms with E-state index in [1.165, 1.54) is 7.11 Å². The monoisotopic (exact) mass is 507 g/mol. The number of methoxy groups -OCH3 is 1. The molecule has 8 nitrogen and oxygen atoms in total. The summed E-state index contributed by atoms with van der Waals surface area (Å²) in [4.78, 5) is 35.4. The second-order valence-electron chi connectivity index (χ2n) is 8.96. The van der Waals surface area contributed by atoms with E-state index in [-0.39, 0.29) is 18.4 Å². The quantitative estimate of drug-likeness (QED) is 0.495. The van der Waals surface area contributed by atoms with E-state index in [1.807, 2.05) is 47.2 Å². The highest BCUT2D eigenvalue weighted by molar-refractivity contribution is 7.08. The molecule has 0 bridgehead atoms. The lowest BCUT2D eigenvalue weighted by atomic mass is 10.0. The summed E-state index contributed by atoms with van der Waals surface area (Å²) in [5.74, 6) is -0.130. The Morgan fingerprint density at radius 1 is 1.06 bits per heavy atom. The maximum Gasteiger partial charge on any atom is 0.267 e. The molecule has 3 heterocycles. The van der Waals surface area contributed by atoms with Crippen LogP contribution in [0.2, 0.25) is 0 Å². The lowest BCUT2D eigenvalue weighted by Gasteiger charge is -2.29. The van der Waals surface area contributed by atoms with E-state index < -0.39 is 0 Å². The first-order valence-electron chi connectivity index (χ1n) is 12.6. The Morgan fingerprint density at radius 2 is 1.86 bits per heavy atom. The SMILES string of the molecule is CCc1nnsc1C(=O)N1CCCCCCCN(C(=O)COC)c2ccc(-c3cccnc3)cc2C1. The maximum atomic E-state index is 13.7. The average molecular weight is 508 g/mol. The first-order chi connectivity index (χ1) is 17.6. The number of rotatable bonds is 5. The lowest BCUT2D eigenvalue weighted by molar-refractivity contribution is -0.122. The van der Waals surface area contributed by atoms with Crippen LogP contribution in [-0.2, 0) is 22.5 Å². The number of carbonyl (C=O) groups excluding carboxylic acids is 2. The van der Waals surface area contributed by atoms with Crippen LogP contribution in [0.15, 0.2) is 42.7 Å². The van der Waals surface area contributed by atoms with Crippen LogP contribution in [0.1, 0.15) is 60.0 Å². The van der Waals surface area contributed by atoms with Crippen molar-refractivity contribution in [1.29, 1.82) is 0 Å². The predicted molar refractivity (Wildman–Crippen MR) is 141 cm³/mol. The van der Waals surface area contributed by atoms with Gasteiger partial charge in [0.25, 0.3) is 11.8 Å². The molecule has 0 fully saturated rings. The van der Waals surface area contributed by atoms with E-state index in [0.29, 0.717) is 30.9 Å². The first-order valence-corrected chi connectivity index (χ1v) is 13.3. The number of carbonyl (C=O) groups is 2. The third-order valence-electron chi connectivity index (χ3n) is 6.48. The molecule has 190 valence electrons. The summed E-state index contributed by atoms with van der Waals surface area (Å²) < 4.78 is 9.23. The number of nitrogens with zero attached hydrogens (tertiary/aromatic N) is 5. The van der Waals surface area contributed by atoms with Gasteiger partial charge in [-0.3, -0.25) is 14.6 Å². The summed E-state index contributed by atoms with van der Waals surface area (Å²) in [5.41, 5.74) is 4.46. The second-order valence-corrected chi connectivity index (χ2v) is 9.71. The third-order valence-corrected chi connectivity index (χ3v) is 7.23. The third kappa shape index (κ3) is 6.14. The Labute approximate surface area is 216 Å². The first kappa shape index (κ1) is 25.9. The Hall–Kier alpha value is -3.17. The largest absolute Gasteiger partial charge is 0.375 e. The molecule has 3 aromatic rings. The summed E-state index contributed by atoms with van der Waals surface area (Å²) in [7, 11) is 1.54. The number of aromatic nitrogens is 3. The highest BCUT2D eigenvalue weighted by Crippen LogP contribution is 2.30. The highest BCUT2D eigenvalue weighted by atomic mass is 32.1. The van der Waals surface area contributed by atoms with Gasteiger partial charge < -0.3 is 14.5 Å². The van der Waals surface area contributed by atoms with Crippen LogP contribution in [0.4, 0.5) is 5.69 Å². The molecule has 0 unspecified atom stereocenters. The van der Waals surface area contributed by atoms with Crippen molar-refractivity contribution in [2.45, 2.75) is 52.0 Å². The van der Waals surface area contributed by atoms with E-state index in [2.05, 4.69) is 20.6 Å². The van der Waals surface area contributed by atoms with Crippen molar-refractivity contribution in [2.75, 3.05) is 31.7 Å². The van der Waals surface area contributed by atoms with Crippen LogP contribution >= 0.6 is 11.5 Å². The van der Waals surface area contributed by atoms with Crippen LogP contribution < -0.4 is 4.90 Å². The van der Waals surface area contributed by atoms with Gasteiger partial charge in [0.15, 0.2) is 0 Å². The Bertz CT molecular complexity index is 1170. The van der Waals surface area contributed by atoms with Gasteiger partial charge >= 0.3 is 0 Å². The van der Waals surface area contributed by atoms with Gasteiger partial charge in [0.2, 0.25) is 0 Å². The molecule has 1 aromatic carbocycles. The molecule has 0 N–H and O–H groups in total. The number of anilines is 1. The molecule has 1 aliphatic rings. The van der Waals surface area contributed by atoms with Crippen molar-refractivity contribution in [3.05, 3.63) is 58.9 Å². The van der Waals surface area contributed by atoms with Gasteiger partial charge in [-0.15, -0.1) is 5.10 Å². The normalized spacial score (nSPS) is 15.1. The predicted octanol–water partition coefficient (Wildman–Crippen LogP) is 4.75. The topological polar surface area (TPSA) is 88.5 Å². The summed E-state index contributed by atoms with van der Waals surface area (Å²) >= 11 is 1.16. The fourth-order valence-corrected chi connectivity index (χ4v) is 5.30. The van der Waals surface area contributed by atoms with E-state index >= 15 is 0 Å². The zero-order valence-corrected chi connectivity index (χ0v) is 21.8. The fraction of sp³-hybridized carbons (Fsp3) is 0.444. The standard InChI is InChI=1S/C27H33N5O3S/c1-3-23-26(36-30-29-23)27(34)31-14-7-5-4-6-8-15-32(25(33)19-35-2)24-12-11-20(16-22(24)18-31)21-10-9-13-28-17-21/h9-13,16-17H,3-8,14-15,18-19H2,1-2H3. The number of hydrogen-bond donors (Lipinski definition) is 0. The summed E-state index contributed by atoms with van der Waals surface area (Å²) in [6, 6.07) is 10.0. The van der Waals surface area contributed by atoms with Crippen molar-refractivity contribution in [3.63, 3.8) is 0 Å². The molecule has 0 saturated heterocycles. The van der Waals surface area contributed by atoms with E-state index in [1.54, 1.807) is 6.20 Å². The van der Waals surface area contributed by atoms with Crippen LogP contribution in [0, 0.1) is 0 Å². The van der Waals surface area contributed by atoms with Gasteiger partial charge in [0.1, 0.15) is 11.5 Å². The maximum absolute atomic E-state index is 13.7. The molecule has 4 rings (SSSR count). The fourth-order valence-electron chi connectivity index (χ4n) is 4.58. The Kier molecular flexibility index (Phi) is 9.13. The van der Waals surface area contributed by atoms with Gasteiger partial charge in [-0.05, 0) is 65.7 Å². The van der Waals surface area contributed by atoms with E-state index in [4.69, 9.17) is 4.74 Å². The van der Waals surface area contributed by atoms with E-state index in [9.17, 15) is 9.59 Å². The number of benzene rings is 1. The van der Waals surface area contributed by atoms with Gasteiger partial charge in [0.05, 0.1) is 5.69 Å². The molecular formula is C27H33N5O3S. The van der Waals surface area contributed by atoms with Crippen molar-refractivity contribution >= 4 is 29.0 Å². The number of amides is 2. The highest BCUT2D eigenvalue weighted by Gasteiger charge is 2.25. The molecule has 9 heteroatoms. The Morgan fingerprint density at radius 3 is 2.61 bits per heavy atom. The van der Waals surface area contributed by atoms with Gasteiger partial charge in [-0.25, -0.2) is 0 Å². The molecule has 0 spiro atoms. The minimum absolute atomic E-state index is 0.0127. The molecule has 2 aromatic heterocycles. The second kappa shape index (κ2) is 12.7. The minimum atomic E-state index is -0.0808. The zero-order valence-electron chi connectivity index (χ0n) is 21.0. The Balaban J connectivity index is 1.78. The molecule has 0 atom stereocenters. The van der Waals surface area contributed by atoms with Gasteiger partial charge in [-0.2, -0.15) is 0 Å².